The standard InChI is InChI=1S/C11H14F2S/c1-3-8(2)14-7-9-10(12)5-4-6-11(9)13/h4-6,8H,3,7H2,1-2H3. The van der Waals surface area contributed by atoms with Gasteiger partial charge in [-0.3, -0.25) is 0 Å². The Balaban J connectivity index is 2.66. The zero-order valence-corrected chi connectivity index (χ0v) is 9.20. The SMILES string of the molecule is CCC(C)SCc1c(F)cccc1F. The van der Waals surface area contributed by atoms with Crippen LogP contribution in [0.5, 0.6) is 0 Å². The molecule has 78 valence electrons. The Morgan fingerprint density at radius 2 is 1.86 bits per heavy atom. The summed E-state index contributed by atoms with van der Waals surface area (Å²) in [4.78, 5) is 0. The number of rotatable bonds is 4. The highest BCUT2D eigenvalue weighted by Crippen LogP contribution is 2.23. The fraction of sp³-hybridized carbons (Fsp3) is 0.455. The molecule has 0 radical (unpaired) electrons. The van der Waals surface area contributed by atoms with Crippen LogP contribution in [0.1, 0.15) is 25.8 Å². The maximum atomic E-state index is 13.2. The molecule has 0 heterocycles. The van der Waals surface area contributed by atoms with Gasteiger partial charge < -0.3 is 0 Å². The molecule has 14 heavy (non-hydrogen) atoms. The third kappa shape index (κ3) is 2.98. The van der Waals surface area contributed by atoms with E-state index in [1.807, 2.05) is 0 Å². The first-order valence-electron chi connectivity index (χ1n) is 4.69. The van der Waals surface area contributed by atoms with Crippen molar-refractivity contribution >= 4 is 11.8 Å². The van der Waals surface area contributed by atoms with Crippen molar-refractivity contribution in [3.63, 3.8) is 0 Å². The van der Waals surface area contributed by atoms with Crippen molar-refractivity contribution in [2.75, 3.05) is 0 Å². The summed E-state index contributed by atoms with van der Waals surface area (Å²) in [6, 6.07) is 3.99. The molecular weight excluding hydrogens is 202 g/mol. The lowest BCUT2D eigenvalue weighted by atomic mass is 10.2. The van der Waals surface area contributed by atoms with Gasteiger partial charge in [0.25, 0.3) is 0 Å². The third-order valence-electron chi connectivity index (χ3n) is 2.15. The molecule has 0 saturated carbocycles. The summed E-state index contributed by atoms with van der Waals surface area (Å²) in [5.41, 5.74) is 0.192. The molecule has 0 fully saturated rings. The minimum atomic E-state index is -0.444. The van der Waals surface area contributed by atoms with Gasteiger partial charge in [0.15, 0.2) is 0 Å². The number of halogens is 2. The lowest BCUT2D eigenvalue weighted by molar-refractivity contribution is 0.566. The molecule has 1 unspecified atom stereocenters. The predicted molar refractivity (Wildman–Crippen MR) is 57.4 cm³/mol. The van der Waals surface area contributed by atoms with Gasteiger partial charge in [-0.05, 0) is 18.6 Å². The molecule has 1 rings (SSSR count). The second kappa shape index (κ2) is 5.35. The Hall–Kier alpha value is -0.570. The average molecular weight is 216 g/mol. The van der Waals surface area contributed by atoms with Crippen LogP contribution >= 0.6 is 11.8 Å². The Morgan fingerprint density at radius 3 is 2.36 bits per heavy atom. The Labute approximate surface area is 87.7 Å². The van der Waals surface area contributed by atoms with Crippen molar-refractivity contribution in [3.8, 4) is 0 Å². The summed E-state index contributed by atoms with van der Waals surface area (Å²) in [6.07, 6.45) is 1.01. The van der Waals surface area contributed by atoms with Gasteiger partial charge >= 0.3 is 0 Å². The van der Waals surface area contributed by atoms with E-state index in [9.17, 15) is 8.78 Å². The Kier molecular flexibility index (Phi) is 4.39. The van der Waals surface area contributed by atoms with E-state index in [0.717, 1.165) is 6.42 Å². The molecule has 3 heteroatoms. The summed E-state index contributed by atoms with van der Waals surface area (Å²) >= 11 is 1.58. The van der Waals surface area contributed by atoms with Crippen molar-refractivity contribution in [1.29, 1.82) is 0 Å². The van der Waals surface area contributed by atoms with Gasteiger partial charge in [-0.15, -0.1) is 0 Å². The van der Waals surface area contributed by atoms with Crippen LogP contribution in [0.3, 0.4) is 0 Å². The van der Waals surface area contributed by atoms with Gasteiger partial charge in [0.1, 0.15) is 11.6 Å². The van der Waals surface area contributed by atoms with Gasteiger partial charge in [-0.25, -0.2) is 8.78 Å². The molecule has 0 bridgehead atoms. The molecule has 0 saturated heterocycles. The van der Waals surface area contributed by atoms with Crippen molar-refractivity contribution in [1.82, 2.24) is 0 Å². The molecule has 0 aliphatic carbocycles. The Morgan fingerprint density at radius 1 is 1.29 bits per heavy atom. The zero-order valence-electron chi connectivity index (χ0n) is 8.39. The van der Waals surface area contributed by atoms with Gasteiger partial charge in [-0.1, -0.05) is 19.9 Å². The summed E-state index contributed by atoms with van der Waals surface area (Å²) in [7, 11) is 0. The molecule has 0 aromatic heterocycles. The highest BCUT2D eigenvalue weighted by atomic mass is 32.2. The van der Waals surface area contributed by atoms with E-state index >= 15 is 0 Å². The smallest absolute Gasteiger partial charge is 0.130 e. The van der Waals surface area contributed by atoms with E-state index in [2.05, 4.69) is 13.8 Å². The fourth-order valence-corrected chi connectivity index (χ4v) is 1.98. The summed E-state index contributed by atoms with van der Waals surface area (Å²) in [5, 5.41) is 0.439. The molecule has 1 aromatic carbocycles. The lowest BCUT2D eigenvalue weighted by Crippen LogP contribution is -1.98. The zero-order chi connectivity index (χ0) is 10.6. The largest absolute Gasteiger partial charge is 0.207 e. The quantitative estimate of drug-likeness (QED) is 0.733. The monoisotopic (exact) mass is 216 g/mol. The molecule has 0 N–H and O–H groups in total. The van der Waals surface area contributed by atoms with Crippen LogP contribution < -0.4 is 0 Å². The van der Waals surface area contributed by atoms with E-state index < -0.39 is 11.6 Å². The fourth-order valence-electron chi connectivity index (χ4n) is 1.01. The van der Waals surface area contributed by atoms with Crippen LogP contribution in [0, 0.1) is 11.6 Å². The predicted octanol–water partition coefficient (Wildman–Crippen LogP) is 4.00. The lowest BCUT2D eigenvalue weighted by Gasteiger charge is -2.09. The topological polar surface area (TPSA) is 0 Å². The van der Waals surface area contributed by atoms with Crippen molar-refractivity contribution in [2.24, 2.45) is 0 Å². The number of thioether (sulfide) groups is 1. The van der Waals surface area contributed by atoms with Gasteiger partial charge in [0, 0.05) is 16.6 Å². The Bertz CT molecular complexity index is 279. The van der Waals surface area contributed by atoms with Crippen LogP contribution in [-0.2, 0) is 5.75 Å². The van der Waals surface area contributed by atoms with E-state index in [4.69, 9.17) is 0 Å². The molecule has 1 aromatic rings. The first-order chi connectivity index (χ1) is 6.65. The third-order valence-corrected chi connectivity index (χ3v) is 3.51. The minimum Gasteiger partial charge on any atom is -0.207 e. The van der Waals surface area contributed by atoms with Crippen molar-refractivity contribution < 1.29 is 8.78 Å². The maximum absolute atomic E-state index is 13.2. The molecule has 0 nitrogen and oxygen atoms in total. The van der Waals surface area contributed by atoms with Gasteiger partial charge in [0.2, 0.25) is 0 Å². The maximum Gasteiger partial charge on any atom is 0.130 e. The summed E-state index contributed by atoms with van der Waals surface area (Å²) < 4.78 is 26.3. The van der Waals surface area contributed by atoms with Crippen LogP contribution in [0.15, 0.2) is 18.2 Å². The summed E-state index contributed by atoms with van der Waals surface area (Å²) in [5.74, 6) is -0.477. The second-order valence-corrected chi connectivity index (χ2v) is 4.66. The number of hydrogen-bond acceptors (Lipinski definition) is 1. The minimum absolute atomic E-state index is 0.192. The first-order valence-corrected chi connectivity index (χ1v) is 5.74. The van der Waals surface area contributed by atoms with Crippen LogP contribution in [0.4, 0.5) is 8.78 Å². The van der Waals surface area contributed by atoms with E-state index in [0.29, 0.717) is 11.0 Å². The first kappa shape index (κ1) is 11.5. The molecular formula is C11H14F2S. The van der Waals surface area contributed by atoms with Gasteiger partial charge in [-0.2, -0.15) is 11.8 Å². The molecule has 1 atom stereocenters. The van der Waals surface area contributed by atoms with E-state index in [-0.39, 0.29) is 5.56 Å². The van der Waals surface area contributed by atoms with Crippen LogP contribution in [-0.4, -0.2) is 5.25 Å². The van der Waals surface area contributed by atoms with Crippen LogP contribution in [0.25, 0.3) is 0 Å². The van der Waals surface area contributed by atoms with Crippen LogP contribution in [0.2, 0.25) is 0 Å². The second-order valence-electron chi connectivity index (χ2n) is 3.23. The van der Waals surface area contributed by atoms with Gasteiger partial charge in [0.05, 0.1) is 0 Å². The number of benzene rings is 1. The number of hydrogen-bond donors (Lipinski definition) is 0. The van der Waals surface area contributed by atoms with Crippen molar-refractivity contribution in [2.45, 2.75) is 31.3 Å². The summed E-state index contributed by atoms with van der Waals surface area (Å²) in [6.45, 7) is 4.12. The molecule has 0 aliphatic heterocycles. The normalized spacial score (nSPS) is 12.9. The van der Waals surface area contributed by atoms with E-state index in [1.54, 1.807) is 11.8 Å². The highest BCUT2D eigenvalue weighted by Gasteiger charge is 2.09. The van der Waals surface area contributed by atoms with E-state index in [1.165, 1.54) is 18.2 Å². The molecule has 0 aliphatic rings. The van der Waals surface area contributed by atoms with Crippen molar-refractivity contribution in [3.05, 3.63) is 35.4 Å². The molecule has 0 spiro atoms. The average Bonchev–Trinajstić information content (AvgIpc) is 2.16. The molecule has 0 amide bonds. The highest BCUT2D eigenvalue weighted by molar-refractivity contribution is 7.99.